The molecule has 6 heteroatoms. The molecule has 0 aromatic carbocycles. The molecule has 59 heavy (non-hydrogen) atoms. The fraction of sp³-hybridized carbons (Fsp3) is 0.792. The summed E-state index contributed by atoms with van der Waals surface area (Å²) in [5, 5.41) is 0. The van der Waals surface area contributed by atoms with E-state index >= 15 is 0 Å². The van der Waals surface area contributed by atoms with Gasteiger partial charge in [0.25, 0.3) is 0 Å². The summed E-state index contributed by atoms with van der Waals surface area (Å²) in [5.41, 5.74) is 0. The second-order valence-corrected chi connectivity index (χ2v) is 16.7. The molecule has 342 valence electrons. The summed E-state index contributed by atoms with van der Waals surface area (Å²) in [7, 11) is 0. The van der Waals surface area contributed by atoms with E-state index in [4.69, 9.17) is 14.2 Å². The van der Waals surface area contributed by atoms with Crippen LogP contribution in [0.4, 0.5) is 0 Å². The number of rotatable bonds is 45. The molecule has 0 fully saturated rings. The quantitative estimate of drug-likeness (QED) is 0.0200. The molecule has 6 nitrogen and oxygen atoms in total. The zero-order valence-electron chi connectivity index (χ0n) is 39.0. The Morgan fingerprint density at radius 2 is 0.610 bits per heavy atom. The maximum atomic E-state index is 12.7. The van der Waals surface area contributed by atoms with Gasteiger partial charge in [0.2, 0.25) is 0 Å². The summed E-state index contributed by atoms with van der Waals surface area (Å²) in [4.78, 5) is 37.9. The van der Waals surface area contributed by atoms with Crippen molar-refractivity contribution in [2.75, 3.05) is 13.2 Å². The van der Waals surface area contributed by atoms with Crippen molar-refractivity contribution in [3.63, 3.8) is 0 Å². The lowest BCUT2D eigenvalue weighted by Crippen LogP contribution is -2.30. The minimum Gasteiger partial charge on any atom is -0.462 e. The van der Waals surface area contributed by atoms with E-state index in [9.17, 15) is 14.4 Å². The van der Waals surface area contributed by atoms with Crippen LogP contribution in [0.25, 0.3) is 0 Å². The van der Waals surface area contributed by atoms with Crippen molar-refractivity contribution in [2.45, 2.75) is 258 Å². The SMILES string of the molecule is CCCCC/C=C\CCCCCCCC(=O)OCC(COC(=O)CCCCC/C=C\C=C/CCCCCCCCC)OC(=O)CCCCC/C=C\CCCCCCCC. The number of carbonyl (C=O) groups is 3. The third-order valence-corrected chi connectivity index (χ3v) is 10.8. The highest BCUT2D eigenvalue weighted by Gasteiger charge is 2.19. The summed E-state index contributed by atoms with van der Waals surface area (Å²) in [6.45, 7) is 6.56. The second-order valence-electron chi connectivity index (χ2n) is 16.7. The van der Waals surface area contributed by atoms with E-state index in [-0.39, 0.29) is 31.1 Å². The number of hydrogen-bond acceptors (Lipinski definition) is 6. The molecule has 0 saturated heterocycles. The predicted octanol–water partition coefficient (Wildman–Crippen LogP) is 16.3. The molecule has 0 heterocycles. The molecule has 0 rings (SSSR count). The van der Waals surface area contributed by atoms with Gasteiger partial charge in [-0.2, -0.15) is 0 Å². The predicted molar refractivity (Wildman–Crippen MR) is 252 cm³/mol. The molecular formula is C53H94O6. The van der Waals surface area contributed by atoms with Crippen LogP contribution in [0.15, 0.2) is 48.6 Å². The molecule has 0 aliphatic carbocycles. The third kappa shape index (κ3) is 46.3. The van der Waals surface area contributed by atoms with Gasteiger partial charge in [0.1, 0.15) is 13.2 Å². The van der Waals surface area contributed by atoms with Gasteiger partial charge >= 0.3 is 17.9 Å². The van der Waals surface area contributed by atoms with Gasteiger partial charge in [-0.3, -0.25) is 14.4 Å². The molecule has 0 aromatic heterocycles. The lowest BCUT2D eigenvalue weighted by atomic mass is 10.1. The molecule has 0 aromatic rings. The van der Waals surface area contributed by atoms with Crippen LogP contribution in [-0.4, -0.2) is 37.2 Å². The monoisotopic (exact) mass is 827 g/mol. The molecule has 0 N–H and O–H groups in total. The largest absolute Gasteiger partial charge is 0.462 e. The highest BCUT2D eigenvalue weighted by Crippen LogP contribution is 2.13. The van der Waals surface area contributed by atoms with Crippen LogP contribution >= 0.6 is 0 Å². The molecule has 0 radical (unpaired) electrons. The number of ether oxygens (including phenoxy) is 3. The number of esters is 3. The zero-order chi connectivity index (χ0) is 43.0. The van der Waals surface area contributed by atoms with E-state index < -0.39 is 6.10 Å². The number of hydrogen-bond donors (Lipinski definition) is 0. The van der Waals surface area contributed by atoms with Gasteiger partial charge in [-0.05, 0) is 96.3 Å². The molecule has 0 spiro atoms. The Morgan fingerprint density at radius 1 is 0.339 bits per heavy atom. The zero-order valence-corrected chi connectivity index (χ0v) is 39.0. The number of allylic oxidation sites excluding steroid dienone is 8. The van der Waals surface area contributed by atoms with Crippen LogP contribution < -0.4 is 0 Å². The third-order valence-electron chi connectivity index (χ3n) is 10.8. The van der Waals surface area contributed by atoms with Gasteiger partial charge in [-0.1, -0.05) is 185 Å². The van der Waals surface area contributed by atoms with Crippen molar-refractivity contribution in [3.05, 3.63) is 48.6 Å². The Morgan fingerprint density at radius 3 is 1.00 bits per heavy atom. The van der Waals surface area contributed by atoms with Gasteiger partial charge in [0.15, 0.2) is 6.10 Å². The standard InChI is InChI=1S/C53H94O6/c1-4-7-10-13-16-19-22-25-26-27-29-31-34-37-40-43-46-52(55)58-49-50(48-57-51(54)45-42-39-36-33-30-24-21-18-15-12-9-6-3)59-53(56)47-44-41-38-35-32-28-23-20-17-14-11-8-5-2/h18,21,26-29,31-32,50H,4-17,19-20,22-25,30,33-49H2,1-3H3/b21-18-,27-26-,31-29-,32-28-. The summed E-state index contributed by atoms with van der Waals surface area (Å²) >= 11 is 0. The summed E-state index contributed by atoms with van der Waals surface area (Å²) in [5.74, 6) is -0.940. The average Bonchev–Trinajstić information content (AvgIpc) is 3.23. The first-order valence-electron chi connectivity index (χ1n) is 25.2. The Bertz CT molecular complexity index is 1040. The molecule has 0 saturated carbocycles. The fourth-order valence-electron chi connectivity index (χ4n) is 6.95. The van der Waals surface area contributed by atoms with Crippen molar-refractivity contribution in [3.8, 4) is 0 Å². The van der Waals surface area contributed by atoms with Crippen molar-refractivity contribution >= 4 is 17.9 Å². The summed E-state index contributed by atoms with van der Waals surface area (Å²) in [6.07, 6.45) is 56.6. The first-order chi connectivity index (χ1) is 29.0. The summed E-state index contributed by atoms with van der Waals surface area (Å²) in [6, 6.07) is 0. The van der Waals surface area contributed by atoms with Gasteiger partial charge < -0.3 is 14.2 Å². The van der Waals surface area contributed by atoms with Crippen LogP contribution in [0.5, 0.6) is 0 Å². The van der Waals surface area contributed by atoms with Gasteiger partial charge in [0, 0.05) is 19.3 Å². The lowest BCUT2D eigenvalue weighted by Gasteiger charge is -2.18. The van der Waals surface area contributed by atoms with Gasteiger partial charge in [0.05, 0.1) is 0 Å². The average molecular weight is 827 g/mol. The van der Waals surface area contributed by atoms with Crippen LogP contribution in [-0.2, 0) is 28.6 Å². The first kappa shape index (κ1) is 56.4. The second kappa shape index (κ2) is 48.0. The van der Waals surface area contributed by atoms with E-state index in [1.54, 1.807) is 0 Å². The molecular weight excluding hydrogens is 733 g/mol. The topological polar surface area (TPSA) is 78.9 Å². The molecule has 0 amide bonds. The maximum Gasteiger partial charge on any atom is 0.306 e. The van der Waals surface area contributed by atoms with Gasteiger partial charge in [-0.25, -0.2) is 0 Å². The normalized spacial score (nSPS) is 12.4. The first-order valence-corrected chi connectivity index (χ1v) is 25.2. The highest BCUT2D eigenvalue weighted by molar-refractivity contribution is 5.71. The van der Waals surface area contributed by atoms with E-state index in [2.05, 4.69) is 69.4 Å². The van der Waals surface area contributed by atoms with E-state index in [1.165, 1.54) is 122 Å². The number of carbonyl (C=O) groups excluding carboxylic acids is 3. The Balaban J connectivity index is 4.44. The molecule has 0 bridgehead atoms. The van der Waals surface area contributed by atoms with Crippen molar-refractivity contribution in [1.82, 2.24) is 0 Å². The highest BCUT2D eigenvalue weighted by atomic mass is 16.6. The van der Waals surface area contributed by atoms with E-state index in [0.717, 1.165) is 89.9 Å². The minimum absolute atomic E-state index is 0.0916. The molecule has 1 atom stereocenters. The van der Waals surface area contributed by atoms with Crippen LogP contribution in [0.2, 0.25) is 0 Å². The Labute approximate surface area is 365 Å². The Kier molecular flexibility index (Phi) is 45.9. The number of unbranched alkanes of at least 4 members (excludes halogenated alkanes) is 27. The summed E-state index contributed by atoms with van der Waals surface area (Å²) < 4.78 is 16.7. The fourth-order valence-corrected chi connectivity index (χ4v) is 6.95. The van der Waals surface area contributed by atoms with Crippen molar-refractivity contribution in [1.29, 1.82) is 0 Å². The van der Waals surface area contributed by atoms with Crippen LogP contribution in [0.1, 0.15) is 252 Å². The lowest BCUT2D eigenvalue weighted by molar-refractivity contribution is -0.167. The van der Waals surface area contributed by atoms with Gasteiger partial charge in [-0.15, -0.1) is 0 Å². The maximum absolute atomic E-state index is 12.7. The Hall–Kier alpha value is -2.63. The molecule has 1 unspecified atom stereocenters. The van der Waals surface area contributed by atoms with Crippen LogP contribution in [0.3, 0.4) is 0 Å². The van der Waals surface area contributed by atoms with Crippen molar-refractivity contribution in [2.24, 2.45) is 0 Å². The minimum atomic E-state index is -0.792. The van der Waals surface area contributed by atoms with Crippen LogP contribution in [0, 0.1) is 0 Å². The molecule has 0 aliphatic heterocycles. The smallest absolute Gasteiger partial charge is 0.306 e. The van der Waals surface area contributed by atoms with Crippen molar-refractivity contribution < 1.29 is 28.6 Å². The molecule has 0 aliphatic rings. The van der Waals surface area contributed by atoms with E-state index in [0.29, 0.717) is 19.3 Å². The van der Waals surface area contributed by atoms with E-state index in [1.807, 2.05) is 0 Å².